The van der Waals surface area contributed by atoms with E-state index in [1.807, 2.05) is 24.4 Å². The number of benzene rings is 2. The van der Waals surface area contributed by atoms with Crippen molar-refractivity contribution in [2.75, 3.05) is 49.5 Å². The minimum Gasteiger partial charge on any atom is -0.370 e. The summed E-state index contributed by atoms with van der Waals surface area (Å²) in [5.41, 5.74) is 3.65. The van der Waals surface area contributed by atoms with Gasteiger partial charge in [0.25, 0.3) is 0 Å². The summed E-state index contributed by atoms with van der Waals surface area (Å²) in [6, 6.07) is 22.8. The van der Waals surface area contributed by atoms with Crippen LogP contribution in [0.4, 0.5) is 11.5 Å². The van der Waals surface area contributed by atoms with Crippen LogP contribution in [0.2, 0.25) is 5.02 Å². The van der Waals surface area contributed by atoms with Gasteiger partial charge in [0.2, 0.25) is 0 Å². The van der Waals surface area contributed by atoms with Gasteiger partial charge in [0.1, 0.15) is 5.82 Å². The van der Waals surface area contributed by atoms with Crippen molar-refractivity contribution in [3.05, 3.63) is 77.9 Å². The molecular formula is C25H29ClN4. The van der Waals surface area contributed by atoms with E-state index in [1.54, 1.807) is 0 Å². The Morgan fingerprint density at radius 1 is 0.833 bits per heavy atom. The first-order valence-electron chi connectivity index (χ1n) is 10.8. The van der Waals surface area contributed by atoms with Gasteiger partial charge in [-0.05, 0) is 60.8 Å². The minimum atomic E-state index is 0.811. The maximum absolute atomic E-state index is 6.13. The number of nitrogens with zero attached hydrogens (tertiary/aromatic N) is 3. The van der Waals surface area contributed by atoms with Crippen LogP contribution in [0.3, 0.4) is 0 Å². The van der Waals surface area contributed by atoms with Crippen LogP contribution in [0.15, 0.2) is 72.9 Å². The number of piperazine rings is 1. The second-order valence-corrected chi connectivity index (χ2v) is 8.17. The topological polar surface area (TPSA) is 31.4 Å². The van der Waals surface area contributed by atoms with E-state index in [1.165, 1.54) is 23.2 Å². The van der Waals surface area contributed by atoms with Gasteiger partial charge in [0.05, 0.1) is 0 Å². The lowest BCUT2D eigenvalue weighted by Crippen LogP contribution is -2.46. The van der Waals surface area contributed by atoms with Gasteiger partial charge < -0.3 is 10.2 Å². The zero-order valence-electron chi connectivity index (χ0n) is 17.3. The highest BCUT2D eigenvalue weighted by molar-refractivity contribution is 6.30. The highest BCUT2D eigenvalue weighted by Gasteiger charge is 2.16. The smallest absolute Gasteiger partial charge is 0.126 e. The van der Waals surface area contributed by atoms with Crippen molar-refractivity contribution in [3.63, 3.8) is 0 Å². The van der Waals surface area contributed by atoms with Crippen LogP contribution >= 0.6 is 11.6 Å². The molecule has 1 aliphatic heterocycles. The van der Waals surface area contributed by atoms with Crippen molar-refractivity contribution >= 4 is 23.1 Å². The van der Waals surface area contributed by atoms with Gasteiger partial charge in [-0.1, -0.05) is 48.0 Å². The molecule has 1 aromatic heterocycles. The van der Waals surface area contributed by atoms with Crippen molar-refractivity contribution in [2.45, 2.75) is 12.8 Å². The Hall–Kier alpha value is -2.56. The van der Waals surface area contributed by atoms with E-state index in [0.717, 1.165) is 56.5 Å². The molecule has 1 aliphatic rings. The molecule has 0 atom stereocenters. The minimum absolute atomic E-state index is 0.811. The average Bonchev–Trinajstić information content (AvgIpc) is 2.80. The van der Waals surface area contributed by atoms with E-state index in [0.29, 0.717) is 0 Å². The van der Waals surface area contributed by atoms with Crippen molar-refractivity contribution < 1.29 is 0 Å². The quantitative estimate of drug-likeness (QED) is 0.493. The first kappa shape index (κ1) is 20.7. The Morgan fingerprint density at radius 3 is 2.47 bits per heavy atom. The van der Waals surface area contributed by atoms with E-state index in [2.05, 4.69) is 68.6 Å². The number of halogens is 1. The van der Waals surface area contributed by atoms with Crippen molar-refractivity contribution in [1.29, 1.82) is 0 Å². The Kier molecular flexibility index (Phi) is 7.22. The summed E-state index contributed by atoms with van der Waals surface area (Å²) in [6.07, 6.45) is 4.22. The number of aromatic nitrogens is 1. The van der Waals surface area contributed by atoms with Gasteiger partial charge in [-0.25, -0.2) is 4.98 Å². The van der Waals surface area contributed by atoms with E-state index < -0.39 is 0 Å². The van der Waals surface area contributed by atoms with Crippen LogP contribution < -0.4 is 10.2 Å². The summed E-state index contributed by atoms with van der Waals surface area (Å²) in [7, 11) is 0. The number of hydrogen-bond donors (Lipinski definition) is 1. The molecule has 4 nitrogen and oxygen atoms in total. The van der Waals surface area contributed by atoms with Gasteiger partial charge in [0.15, 0.2) is 0 Å². The summed E-state index contributed by atoms with van der Waals surface area (Å²) >= 11 is 6.13. The molecule has 0 radical (unpaired) electrons. The number of anilines is 2. The average molecular weight is 421 g/mol. The molecule has 0 unspecified atom stereocenters. The van der Waals surface area contributed by atoms with Gasteiger partial charge in [-0.3, -0.25) is 4.90 Å². The zero-order chi connectivity index (χ0) is 20.6. The molecule has 1 saturated heterocycles. The maximum Gasteiger partial charge on any atom is 0.126 e. The Morgan fingerprint density at radius 2 is 1.67 bits per heavy atom. The van der Waals surface area contributed by atoms with Crippen LogP contribution in [0.1, 0.15) is 12.8 Å². The predicted molar refractivity (Wildman–Crippen MR) is 128 cm³/mol. The van der Waals surface area contributed by atoms with Gasteiger partial charge in [-0.15, -0.1) is 0 Å². The largest absolute Gasteiger partial charge is 0.370 e. The summed E-state index contributed by atoms with van der Waals surface area (Å²) in [5, 5.41) is 4.29. The molecule has 2 heterocycles. The molecule has 0 saturated carbocycles. The van der Waals surface area contributed by atoms with Gasteiger partial charge in [0, 0.05) is 49.6 Å². The third-order valence-electron chi connectivity index (χ3n) is 5.62. The second kappa shape index (κ2) is 10.5. The van der Waals surface area contributed by atoms with Gasteiger partial charge >= 0.3 is 0 Å². The molecule has 4 rings (SSSR count). The lowest BCUT2D eigenvalue weighted by atomic mass is 10.1. The van der Waals surface area contributed by atoms with E-state index in [9.17, 15) is 0 Å². The second-order valence-electron chi connectivity index (χ2n) is 7.74. The summed E-state index contributed by atoms with van der Waals surface area (Å²) in [5.74, 6) is 0.950. The molecule has 1 fully saturated rings. The first-order chi connectivity index (χ1) is 14.8. The number of pyridine rings is 1. The lowest BCUT2D eigenvalue weighted by Gasteiger charge is -2.36. The van der Waals surface area contributed by atoms with Crippen LogP contribution in [-0.4, -0.2) is 49.2 Å². The summed E-state index contributed by atoms with van der Waals surface area (Å²) in [6.45, 7) is 6.46. The fourth-order valence-electron chi connectivity index (χ4n) is 3.92. The Balaban J connectivity index is 1.15. The Labute approximate surface area is 184 Å². The molecule has 1 N–H and O–H groups in total. The standard InChI is InChI=1S/C25H29ClN4/c26-23-9-6-10-24(20-23)30-17-15-29(16-18-30)14-5-4-12-27-25-19-22(11-13-28-25)21-7-2-1-3-8-21/h1-3,6-11,13,19-20H,4-5,12,14-18H2,(H,27,28). The molecule has 3 aromatic rings. The van der Waals surface area contributed by atoms with E-state index in [-0.39, 0.29) is 0 Å². The number of hydrogen-bond acceptors (Lipinski definition) is 4. The third-order valence-corrected chi connectivity index (χ3v) is 5.86. The summed E-state index contributed by atoms with van der Waals surface area (Å²) in [4.78, 5) is 9.45. The fraction of sp³-hybridized carbons (Fsp3) is 0.320. The SMILES string of the molecule is Clc1cccc(N2CCN(CCCCNc3cc(-c4ccccc4)ccn3)CC2)c1. The molecule has 5 heteroatoms. The fourth-order valence-corrected chi connectivity index (χ4v) is 4.10. The first-order valence-corrected chi connectivity index (χ1v) is 11.1. The lowest BCUT2D eigenvalue weighted by molar-refractivity contribution is 0.254. The van der Waals surface area contributed by atoms with Gasteiger partial charge in [-0.2, -0.15) is 0 Å². The zero-order valence-corrected chi connectivity index (χ0v) is 18.1. The van der Waals surface area contributed by atoms with E-state index in [4.69, 9.17) is 11.6 Å². The molecule has 0 spiro atoms. The predicted octanol–water partition coefficient (Wildman–Crippen LogP) is 5.42. The number of nitrogens with one attached hydrogen (secondary N) is 1. The number of rotatable bonds is 8. The highest BCUT2D eigenvalue weighted by Crippen LogP contribution is 2.22. The third kappa shape index (κ3) is 5.74. The Bertz CT molecular complexity index is 923. The van der Waals surface area contributed by atoms with Crippen LogP contribution in [0, 0.1) is 0 Å². The number of unbranched alkanes of at least 4 members (excludes halogenated alkanes) is 1. The highest BCUT2D eigenvalue weighted by atomic mass is 35.5. The van der Waals surface area contributed by atoms with Crippen LogP contribution in [0.25, 0.3) is 11.1 Å². The van der Waals surface area contributed by atoms with Crippen LogP contribution in [0.5, 0.6) is 0 Å². The van der Waals surface area contributed by atoms with Crippen molar-refractivity contribution in [2.24, 2.45) is 0 Å². The molecule has 2 aromatic carbocycles. The molecule has 0 bridgehead atoms. The van der Waals surface area contributed by atoms with Crippen molar-refractivity contribution in [1.82, 2.24) is 9.88 Å². The molecule has 156 valence electrons. The molecular weight excluding hydrogens is 392 g/mol. The monoisotopic (exact) mass is 420 g/mol. The molecule has 30 heavy (non-hydrogen) atoms. The normalized spacial score (nSPS) is 14.6. The molecule has 0 amide bonds. The molecule has 0 aliphatic carbocycles. The van der Waals surface area contributed by atoms with Crippen molar-refractivity contribution in [3.8, 4) is 11.1 Å². The van der Waals surface area contributed by atoms with Crippen LogP contribution in [-0.2, 0) is 0 Å². The van der Waals surface area contributed by atoms with E-state index >= 15 is 0 Å². The summed E-state index contributed by atoms with van der Waals surface area (Å²) < 4.78 is 0. The maximum atomic E-state index is 6.13.